The normalized spacial score (nSPS) is 16.9. The highest BCUT2D eigenvalue weighted by molar-refractivity contribution is 6.31. The van der Waals surface area contributed by atoms with Gasteiger partial charge < -0.3 is 10.6 Å². The molecule has 2 aromatic carbocycles. The van der Waals surface area contributed by atoms with Gasteiger partial charge in [-0.15, -0.1) is 0 Å². The van der Waals surface area contributed by atoms with Crippen LogP contribution >= 0.6 is 11.6 Å². The molecule has 1 atom stereocenters. The molecule has 1 aliphatic heterocycles. The fourth-order valence-electron chi connectivity index (χ4n) is 2.88. The van der Waals surface area contributed by atoms with Crippen LogP contribution in [0.4, 0.5) is 11.4 Å². The number of nitrogens with two attached hydrogens (primary N) is 1. The van der Waals surface area contributed by atoms with Crippen molar-refractivity contribution in [3.05, 3.63) is 58.1 Å². The average Bonchev–Trinajstić information content (AvgIpc) is 2.76. The van der Waals surface area contributed by atoms with Crippen molar-refractivity contribution in [3.8, 4) is 0 Å². The van der Waals surface area contributed by atoms with Crippen molar-refractivity contribution in [1.82, 2.24) is 0 Å². The maximum atomic E-state index is 12.8. The van der Waals surface area contributed by atoms with Gasteiger partial charge >= 0.3 is 0 Å². The zero-order valence-electron chi connectivity index (χ0n) is 12.1. The fraction of sp³-hybridized carbons (Fsp3) is 0.235. The Morgan fingerprint density at radius 1 is 1.29 bits per heavy atom. The molecule has 1 amide bonds. The number of fused-ring (bicyclic) bond motifs is 1. The highest BCUT2D eigenvalue weighted by Gasteiger charge is 2.31. The average molecular weight is 301 g/mol. The van der Waals surface area contributed by atoms with Crippen LogP contribution < -0.4 is 10.6 Å². The second-order valence-electron chi connectivity index (χ2n) is 5.58. The summed E-state index contributed by atoms with van der Waals surface area (Å²) in [6.45, 7) is 3.96. The Balaban J connectivity index is 2.00. The van der Waals surface area contributed by atoms with Crippen LogP contribution in [0.2, 0.25) is 5.02 Å². The Morgan fingerprint density at radius 3 is 2.76 bits per heavy atom. The van der Waals surface area contributed by atoms with Crippen LogP contribution in [0.5, 0.6) is 0 Å². The maximum Gasteiger partial charge on any atom is 0.258 e. The number of amides is 1. The first-order chi connectivity index (χ1) is 9.97. The topological polar surface area (TPSA) is 46.3 Å². The molecule has 0 fully saturated rings. The first-order valence-corrected chi connectivity index (χ1v) is 7.33. The third-order valence-electron chi connectivity index (χ3n) is 3.94. The molecule has 0 radical (unpaired) electrons. The molecule has 21 heavy (non-hydrogen) atoms. The monoisotopic (exact) mass is 300 g/mol. The van der Waals surface area contributed by atoms with Gasteiger partial charge in [0.1, 0.15) is 0 Å². The molecule has 1 unspecified atom stereocenters. The highest BCUT2D eigenvalue weighted by atomic mass is 35.5. The number of nitrogens with zero attached hydrogens (tertiary/aromatic N) is 1. The van der Waals surface area contributed by atoms with Gasteiger partial charge in [-0.25, -0.2) is 0 Å². The van der Waals surface area contributed by atoms with Gasteiger partial charge in [0.05, 0.1) is 0 Å². The van der Waals surface area contributed by atoms with E-state index < -0.39 is 0 Å². The Kier molecular flexibility index (Phi) is 3.38. The van der Waals surface area contributed by atoms with Gasteiger partial charge in [0.15, 0.2) is 0 Å². The van der Waals surface area contributed by atoms with Gasteiger partial charge in [-0.1, -0.05) is 11.6 Å². The fourth-order valence-corrected chi connectivity index (χ4v) is 2.99. The van der Waals surface area contributed by atoms with E-state index in [0.717, 1.165) is 28.9 Å². The van der Waals surface area contributed by atoms with Crippen molar-refractivity contribution < 1.29 is 4.79 Å². The van der Waals surface area contributed by atoms with E-state index in [9.17, 15) is 4.79 Å². The molecule has 4 heteroatoms. The van der Waals surface area contributed by atoms with Gasteiger partial charge in [0.25, 0.3) is 5.91 Å². The second-order valence-corrected chi connectivity index (χ2v) is 5.99. The van der Waals surface area contributed by atoms with E-state index in [1.807, 2.05) is 36.1 Å². The van der Waals surface area contributed by atoms with Crippen molar-refractivity contribution in [2.75, 3.05) is 10.6 Å². The van der Waals surface area contributed by atoms with Gasteiger partial charge in [0, 0.05) is 28.0 Å². The van der Waals surface area contributed by atoms with E-state index in [1.54, 1.807) is 12.1 Å². The molecule has 0 saturated carbocycles. The summed E-state index contributed by atoms with van der Waals surface area (Å²) in [5.41, 5.74) is 10.2. The van der Waals surface area contributed by atoms with Crippen molar-refractivity contribution in [2.24, 2.45) is 0 Å². The molecule has 108 valence electrons. The summed E-state index contributed by atoms with van der Waals surface area (Å²) >= 11 is 6.03. The van der Waals surface area contributed by atoms with Gasteiger partial charge in [0.2, 0.25) is 0 Å². The van der Waals surface area contributed by atoms with Crippen LogP contribution in [0, 0.1) is 6.92 Å². The molecule has 2 N–H and O–H groups in total. The molecule has 0 spiro atoms. The van der Waals surface area contributed by atoms with Crippen LogP contribution in [-0.2, 0) is 6.42 Å². The number of aryl methyl sites for hydroxylation is 1. The Bertz CT molecular complexity index is 727. The third kappa shape index (κ3) is 2.38. The van der Waals surface area contributed by atoms with Gasteiger partial charge in [-0.05, 0) is 67.8 Å². The zero-order valence-corrected chi connectivity index (χ0v) is 12.8. The molecular weight excluding hydrogens is 284 g/mol. The minimum atomic E-state index is 0.00536. The largest absolute Gasteiger partial charge is 0.399 e. The van der Waals surface area contributed by atoms with Crippen LogP contribution in [0.1, 0.15) is 28.4 Å². The number of hydrogen-bond acceptors (Lipinski definition) is 2. The quantitative estimate of drug-likeness (QED) is 0.814. The number of carbonyl (C=O) groups is 1. The molecule has 0 bridgehead atoms. The minimum absolute atomic E-state index is 0.00536. The Hall–Kier alpha value is -2.00. The van der Waals surface area contributed by atoms with Crippen molar-refractivity contribution in [2.45, 2.75) is 26.3 Å². The summed E-state index contributed by atoms with van der Waals surface area (Å²) in [4.78, 5) is 14.7. The van der Waals surface area contributed by atoms with E-state index in [4.69, 9.17) is 17.3 Å². The van der Waals surface area contributed by atoms with Crippen LogP contribution in [0.3, 0.4) is 0 Å². The van der Waals surface area contributed by atoms with E-state index in [1.165, 1.54) is 0 Å². The smallest absolute Gasteiger partial charge is 0.258 e. The second kappa shape index (κ2) is 5.08. The van der Waals surface area contributed by atoms with Gasteiger partial charge in [-0.3, -0.25) is 4.79 Å². The van der Waals surface area contributed by atoms with E-state index in [2.05, 4.69) is 6.92 Å². The third-order valence-corrected chi connectivity index (χ3v) is 4.37. The molecule has 1 heterocycles. The number of rotatable bonds is 1. The number of nitrogen functional groups attached to an aromatic ring is 1. The standard InChI is InChI=1S/C17H17ClN2O/c1-10-7-12(3-5-15(10)18)17(21)20-11(2)8-13-9-14(19)4-6-16(13)20/h3-7,9,11H,8,19H2,1-2H3. The number of benzene rings is 2. The summed E-state index contributed by atoms with van der Waals surface area (Å²) in [6.07, 6.45) is 0.832. The summed E-state index contributed by atoms with van der Waals surface area (Å²) in [7, 11) is 0. The summed E-state index contributed by atoms with van der Waals surface area (Å²) in [6, 6.07) is 11.2. The first-order valence-electron chi connectivity index (χ1n) is 6.95. The van der Waals surface area contributed by atoms with Crippen molar-refractivity contribution in [3.63, 3.8) is 0 Å². The van der Waals surface area contributed by atoms with Crippen molar-refractivity contribution in [1.29, 1.82) is 0 Å². The number of anilines is 2. The highest BCUT2D eigenvalue weighted by Crippen LogP contribution is 2.34. The van der Waals surface area contributed by atoms with Crippen LogP contribution in [-0.4, -0.2) is 11.9 Å². The molecular formula is C17H17ClN2O. The lowest BCUT2D eigenvalue weighted by atomic mass is 10.1. The molecule has 0 aromatic heterocycles. The molecule has 0 saturated heterocycles. The van der Waals surface area contributed by atoms with Crippen molar-refractivity contribution >= 4 is 28.9 Å². The lowest BCUT2D eigenvalue weighted by Gasteiger charge is -2.23. The van der Waals surface area contributed by atoms with E-state index in [0.29, 0.717) is 10.6 Å². The number of carbonyl (C=O) groups excluding carboxylic acids is 1. The molecule has 3 nitrogen and oxygen atoms in total. The predicted octanol–water partition coefficient (Wildman–Crippen LogP) is 3.82. The van der Waals surface area contributed by atoms with Gasteiger partial charge in [-0.2, -0.15) is 0 Å². The number of halogens is 1. The maximum absolute atomic E-state index is 12.8. The number of hydrogen-bond donors (Lipinski definition) is 1. The Labute approximate surface area is 129 Å². The molecule has 3 rings (SSSR count). The molecule has 1 aliphatic rings. The predicted molar refractivity (Wildman–Crippen MR) is 87.0 cm³/mol. The first kappa shape index (κ1) is 14.0. The summed E-state index contributed by atoms with van der Waals surface area (Å²) < 4.78 is 0. The Morgan fingerprint density at radius 2 is 2.05 bits per heavy atom. The molecule has 0 aliphatic carbocycles. The lowest BCUT2D eigenvalue weighted by molar-refractivity contribution is 0.0981. The SMILES string of the molecule is Cc1cc(C(=O)N2c3ccc(N)cc3CC2C)ccc1Cl. The van der Waals surface area contributed by atoms with E-state index >= 15 is 0 Å². The lowest BCUT2D eigenvalue weighted by Crippen LogP contribution is -2.35. The minimum Gasteiger partial charge on any atom is -0.399 e. The van der Waals surface area contributed by atoms with Crippen LogP contribution in [0.15, 0.2) is 36.4 Å². The summed E-state index contributed by atoms with van der Waals surface area (Å²) in [5.74, 6) is 0.00536. The zero-order chi connectivity index (χ0) is 15.1. The van der Waals surface area contributed by atoms with E-state index in [-0.39, 0.29) is 11.9 Å². The molecule has 2 aromatic rings. The van der Waals surface area contributed by atoms with Crippen LogP contribution in [0.25, 0.3) is 0 Å². The summed E-state index contributed by atoms with van der Waals surface area (Å²) in [5, 5.41) is 0.675.